The van der Waals surface area contributed by atoms with Gasteiger partial charge in [0.2, 0.25) is 11.8 Å². The van der Waals surface area contributed by atoms with Gasteiger partial charge in [-0.1, -0.05) is 59.5 Å². The molecule has 4 amide bonds. The molecule has 1 aliphatic heterocycles. The second kappa shape index (κ2) is 12.8. The predicted octanol–water partition coefficient (Wildman–Crippen LogP) is 2.74. The monoisotopic (exact) mass is 533 g/mol. The Morgan fingerprint density at radius 3 is 2.11 bits per heavy atom. The number of hydrogen-bond acceptors (Lipinski definition) is 5. The Balaban J connectivity index is 1.83. The van der Waals surface area contributed by atoms with Crippen LogP contribution in [-0.2, 0) is 14.4 Å². The van der Waals surface area contributed by atoms with Crippen LogP contribution in [-0.4, -0.2) is 71.1 Å². The van der Waals surface area contributed by atoms with Crippen LogP contribution < -0.4 is 21.3 Å². The van der Waals surface area contributed by atoms with Gasteiger partial charge in [-0.3, -0.25) is 9.59 Å². The zero-order valence-corrected chi connectivity index (χ0v) is 23.5. The highest BCUT2D eigenvalue weighted by atomic mass is 16.4. The molecule has 4 atom stereocenters. The van der Waals surface area contributed by atoms with Crippen molar-refractivity contribution in [1.29, 1.82) is 0 Å². The third kappa shape index (κ3) is 7.20. The first-order valence-electron chi connectivity index (χ1n) is 14.3. The molecule has 0 spiro atoms. The van der Waals surface area contributed by atoms with Crippen molar-refractivity contribution in [2.24, 2.45) is 17.3 Å². The Morgan fingerprint density at radius 1 is 1.03 bits per heavy atom. The van der Waals surface area contributed by atoms with Crippen LogP contribution in [0.4, 0.5) is 4.79 Å². The van der Waals surface area contributed by atoms with Crippen molar-refractivity contribution in [3.63, 3.8) is 0 Å². The van der Waals surface area contributed by atoms with Gasteiger partial charge in [0.1, 0.15) is 18.1 Å². The molecule has 0 aromatic carbocycles. The summed E-state index contributed by atoms with van der Waals surface area (Å²) in [5.41, 5.74) is -0.00370. The van der Waals surface area contributed by atoms with Crippen LogP contribution in [0.15, 0.2) is 12.3 Å². The molecule has 0 aromatic heterocycles. The summed E-state index contributed by atoms with van der Waals surface area (Å²) in [5.74, 6) is -1.41. The van der Waals surface area contributed by atoms with Crippen LogP contribution >= 0.6 is 0 Å². The van der Waals surface area contributed by atoms with Crippen LogP contribution in [0, 0.1) is 17.3 Å². The first-order valence-corrected chi connectivity index (χ1v) is 14.3. The zero-order valence-electron chi connectivity index (χ0n) is 23.5. The van der Waals surface area contributed by atoms with Crippen LogP contribution in [0.5, 0.6) is 0 Å². The summed E-state index contributed by atoms with van der Waals surface area (Å²) in [4.78, 5) is 52.6. The first-order chi connectivity index (χ1) is 17.9. The largest absolute Gasteiger partial charge is 0.480 e. The third-order valence-corrected chi connectivity index (χ3v) is 8.38. The molecule has 38 heavy (non-hydrogen) atoms. The Bertz CT molecular complexity index is 889. The third-order valence-electron chi connectivity index (χ3n) is 8.38. The molecule has 1 saturated heterocycles. The van der Waals surface area contributed by atoms with E-state index in [1.165, 1.54) is 4.90 Å². The van der Waals surface area contributed by atoms with Crippen LogP contribution in [0.25, 0.3) is 0 Å². The second-order valence-corrected chi connectivity index (χ2v) is 12.2. The Morgan fingerprint density at radius 2 is 1.61 bits per heavy atom. The number of likely N-dealkylation sites (N-methyl/N-ethyl adjacent to an activating group) is 1. The number of nitrogens with zero attached hydrogens (tertiary/aromatic N) is 1. The van der Waals surface area contributed by atoms with Crippen LogP contribution in [0.1, 0.15) is 85.5 Å². The standard InChI is InChI=1S/C28H47N5O5/c1-6-33(22(26(36)37)19-14-10-11-15-19)25(35)23(28(3,4)5)30-17(2)21(18-12-8-7-9-13-18)32-24(34)20-16-29-27(38)31-20/h18-23,30H,2,6-16H2,1,3-5H3,(H,32,34)(H,36,37)(H2,29,31,38)/t20-,21?,22-,23+/m0/s1. The van der Waals surface area contributed by atoms with E-state index in [1.54, 1.807) is 0 Å². The van der Waals surface area contributed by atoms with E-state index in [0.29, 0.717) is 12.2 Å². The fourth-order valence-electron chi connectivity index (χ4n) is 6.27. The smallest absolute Gasteiger partial charge is 0.326 e. The summed E-state index contributed by atoms with van der Waals surface area (Å²) in [6.45, 7) is 12.5. The minimum Gasteiger partial charge on any atom is -0.480 e. The van der Waals surface area contributed by atoms with Gasteiger partial charge in [0.25, 0.3) is 0 Å². The molecule has 1 heterocycles. The van der Waals surface area contributed by atoms with E-state index in [-0.39, 0.29) is 36.2 Å². The van der Waals surface area contributed by atoms with Gasteiger partial charge in [0.15, 0.2) is 0 Å². The highest BCUT2D eigenvalue weighted by molar-refractivity contribution is 5.91. The molecular formula is C28H47N5O5. The van der Waals surface area contributed by atoms with Gasteiger partial charge in [0, 0.05) is 18.8 Å². The van der Waals surface area contributed by atoms with E-state index in [1.807, 2.05) is 27.7 Å². The summed E-state index contributed by atoms with van der Waals surface area (Å²) < 4.78 is 0. The molecule has 10 heteroatoms. The van der Waals surface area contributed by atoms with E-state index < -0.39 is 35.6 Å². The average Bonchev–Trinajstić information content (AvgIpc) is 3.55. The highest BCUT2D eigenvalue weighted by Gasteiger charge is 2.43. The van der Waals surface area contributed by atoms with Crippen molar-refractivity contribution in [2.75, 3.05) is 13.1 Å². The number of carbonyl (C=O) groups excluding carboxylic acids is 3. The van der Waals surface area contributed by atoms with E-state index in [0.717, 1.165) is 57.8 Å². The number of carbonyl (C=O) groups is 4. The van der Waals surface area contributed by atoms with E-state index in [2.05, 4.69) is 27.8 Å². The van der Waals surface area contributed by atoms with Gasteiger partial charge in [-0.05, 0) is 49.9 Å². The lowest BCUT2D eigenvalue weighted by Crippen LogP contribution is -2.60. The number of hydrogen-bond donors (Lipinski definition) is 5. The number of aliphatic carboxylic acids is 1. The molecule has 0 bridgehead atoms. The lowest BCUT2D eigenvalue weighted by atomic mass is 9.81. The molecule has 2 saturated carbocycles. The molecule has 2 aliphatic carbocycles. The second-order valence-electron chi connectivity index (χ2n) is 12.2. The normalized spacial score (nSPS) is 23.1. The maximum atomic E-state index is 14.0. The first kappa shape index (κ1) is 29.8. The molecule has 0 radical (unpaired) electrons. The van der Waals surface area contributed by atoms with Crippen LogP contribution in [0.2, 0.25) is 0 Å². The van der Waals surface area contributed by atoms with Crippen molar-refractivity contribution in [1.82, 2.24) is 26.2 Å². The Kier molecular flexibility index (Phi) is 10.1. The van der Waals surface area contributed by atoms with Gasteiger partial charge in [-0.15, -0.1) is 0 Å². The van der Waals surface area contributed by atoms with Crippen molar-refractivity contribution in [2.45, 2.75) is 110 Å². The van der Waals surface area contributed by atoms with Gasteiger partial charge < -0.3 is 31.3 Å². The zero-order chi connectivity index (χ0) is 28.0. The summed E-state index contributed by atoms with van der Waals surface area (Å²) in [5, 5.41) is 21.8. The highest BCUT2D eigenvalue weighted by Crippen LogP contribution is 2.33. The molecule has 10 nitrogen and oxygen atoms in total. The minimum absolute atomic E-state index is 0.0512. The topological polar surface area (TPSA) is 140 Å². The summed E-state index contributed by atoms with van der Waals surface area (Å²) >= 11 is 0. The fourth-order valence-corrected chi connectivity index (χ4v) is 6.27. The Labute approximate surface area is 226 Å². The van der Waals surface area contributed by atoms with Gasteiger partial charge in [0.05, 0.1) is 6.04 Å². The van der Waals surface area contributed by atoms with E-state index in [4.69, 9.17) is 0 Å². The van der Waals surface area contributed by atoms with Crippen molar-refractivity contribution >= 4 is 23.8 Å². The molecule has 5 N–H and O–H groups in total. The lowest BCUT2D eigenvalue weighted by molar-refractivity contribution is -0.154. The van der Waals surface area contributed by atoms with Crippen molar-refractivity contribution in [3.8, 4) is 0 Å². The summed E-state index contributed by atoms with van der Waals surface area (Å²) in [7, 11) is 0. The lowest BCUT2D eigenvalue weighted by Gasteiger charge is -2.41. The van der Waals surface area contributed by atoms with Crippen LogP contribution in [0.3, 0.4) is 0 Å². The molecule has 1 unspecified atom stereocenters. The average molecular weight is 534 g/mol. The molecule has 0 aromatic rings. The van der Waals surface area contributed by atoms with Gasteiger partial charge in [-0.2, -0.15) is 0 Å². The molecule has 214 valence electrons. The number of amides is 4. The van der Waals surface area contributed by atoms with E-state index >= 15 is 0 Å². The van der Waals surface area contributed by atoms with Crippen molar-refractivity contribution in [3.05, 3.63) is 12.3 Å². The molecule has 3 rings (SSSR count). The number of urea groups is 1. The minimum atomic E-state index is -0.960. The van der Waals surface area contributed by atoms with Crippen molar-refractivity contribution < 1.29 is 24.3 Å². The Hall–Kier alpha value is -2.78. The maximum Gasteiger partial charge on any atom is 0.326 e. The quantitative estimate of drug-likeness (QED) is 0.277. The molecular weight excluding hydrogens is 486 g/mol. The number of rotatable bonds is 11. The van der Waals surface area contributed by atoms with E-state index in [9.17, 15) is 24.3 Å². The number of carboxylic acids is 1. The fraction of sp³-hybridized carbons (Fsp3) is 0.786. The summed E-state index contributed by atoms with van der Waals surface area (Å²) in [6, 6.07) is -3.04. The maximum absolute atomic E-state index is 14.0. The molecule has 3 fully saturated rings. The van der Waals surface area contributed by atoms with Gasteiger partial charge in [-0.25, -0.2) is 9.59 Å². The van der Waals surface area contributed by atoms with Gasteiger partial charge >= 0.3 is 12.0 Å². The summed E-state index contributed by atoms with van der Waals surface area (Å²) in [6.07, 6.45) is 8.70. The predicted molar refractivity (Wildman–Crippen MR) is 145 cm³/mol. The number of carboxylic acid groups (broad SMARTS) is 1. The number of nitrogens with one attached hydrogen (secondary N) is 4. The molecule has 3 aliphatic rings. The SMILES string of the molecule is C=C(N[C@H](C(=O)N(CC)[C@H](C(=O)O)C1CCCC1)C(C)(C)C)C(NC(=O)[C@@H]1CNC(=O)N1)C1CCCCC1.